The molecule has 1 N–H and O–H groups in total. The first kappa shape index (κ1) is 13.1. The minimum atomic E-state index is -0.268. The summed E-state index contributed by atoms with van der Waals surface area (Å²) in [6.45, 7) is 4.74. The van der Waals surface area contributed by atoms with Gasteiger partial charge in [0.05, 0.1) is 6.10 Å². The molecular weight excluding hydrogens is 260 g/mol. The summed E-state index contributed by atoms with van der Waals surface area (Å²) in [5.74, 6) is 0.243. The van der Waals surface area contributed by atoms with Gasteiger partial charge in [0, 0.05) is 23.4 Å². The second-order valence-corrected chi connectivity index (χ2v) is 6.90. The highest BCUT2D eigenvalue weighted by Gasteiger charge is 2.59. The lowest BCUT2D eigenvalue weighted by Crippen LogP contribution is -2.37. The quantitative estimate of drug-likeness (QED) is 0.918. The Kier molecular flexibility index (Phi) is 3.15. The van der Waals surface area contributed by atoms with Gasteiger partial charge in [0.1, 0.15) is 11.7 Å². The van der Waals surface area contributed by atoms with E-state index in [-0.39, 0.29) is 23.7 Å². The van der Waals surface area contributed by atoms with E-state index >= 15 is 0 Å². The number of carbonyl (C=O) groups is 1. The van der Waals surface area contributed by atoms with Crippen molar-refractivity contribution in [2.75, 3.05) is 13.7 Å². The van der Waals surface area contributed by atoms with Gasteiger partial charge in [-0.1, -0.05) is 0 Å². The molecule has 4 nitrogen and oxygen atoms in total. The number of hydrogen-bond donors (Lipinski definition) is 1. The Morgan fingerprint density at radius 2 is 2.32 bits per heavy atom. The summed E-state index contributed by atoms with van der Waals surface area (Å²) in [5, 5.41) is 3.53. The predicted molar refractivity (Wildman–Crippen MR) is 75.1 cm³/mol. The smallest absolute Gasteiger partial charge is 0.244 e. The fraction of sp³-hybridized carbons (Fsp3) is 0.643. The van der Waals surface area contributed by atoms with Gasteiger partial charge in [-0.2, -0.15) is 0 Å². The van der Waals surface area contributed by atoms with Crippen molar-refractivity contribution in [2.24, 2.45) is 0 Å². The van der Waals surface area contributed by atoms with E-state index < -0.39 is 0 Å². The Bertz CT molecular complexity index is 495. The highest BCUT2D eigenvalue weighted by molar-refractivity contribution is 7.12. The minimum absolute atomic E-state index is 0.0197. The van der Waals surface area contributed by atoms with E-state index in [0.717, 1.165) is 12.8 Å². The first-order valence-electron chi connectivity index (χ1n) is 6.74. The molecule has 1 saturated carbocycles. The number of amides is 1. The molecule has 1 aromatic rings. The van der Waals surface area contributed by atoms with Gasteiger partial charge in [-0.05, 0) is 38.8 Å². The number of thiophene rings is 1. The topological polar surface area (TPSA) is 41.6 Å². The molecule has 1 amide bonds. The summed E-state index contributed by atoms with van der Waals surface area (Å²) in [7, 11) is 1.69. The van der Waals surface area contributed by atoms with Crippen molar-refractivity contribution in [1.29, 1.82) is 0 Å². The molecule has 104 valence electrons. The summed E-state index contributed by atoms with van der Waals surface area (Å²) in [5.41, 5.74) is -0.268. The van der Waals surface area contributed by atoms with Gasteiger partial charge in [-0.25, -0.2) is 0 Å². The van der Waals surface area contributed by atoms with Crippen molar-refractivity contribution in [2.45, 2.75) is 44.5 Å². The number of nitrogens with zero attached hydrogens (tertiary/aromatic N) is 1. The van der Waals surface area contributed by atoms with Crippen LogP contribution in [0, 0.1) is 6.92 Å². The molecule has 1 aliphatic heterocycles. The standard InChI is InChI=1S/C14H20N2O2S/c1-9(18-3)8-16-12(11-5-4-10(2)19-11)15-14(6-7-14)13(16)17/h4-5,9,12,15H,6-8H2,1-3H3. The fourth-order valence-corrected chi connectivity index (χ4v) is 3.58. The molecule has 2 heterocycles. The lowest BCUT2D eigenvalue weighted by atomic mass is 10.2. The molecule has 0 aromatic carbocycles. The highest BCUT2D eigenvalue weighted by atomic mass is 32.1. The van der Waals surface area contributed by atoms with Crippen LogP contribution in [0.25, 0.3) is 0 Å². The van der Waals surface area contributed by atoms with Crippen LogP contribution in [0.2, 0.25) is 0 Å². The molecule has 5 heteroatoms. The van der Waals surface area contributed by atoms with E-state index in [0.29, 0.717) is 6.54 Å². The Morgan fingerprint density at radius 1 is 1.58 bits per heavy atom. The minimum Gasteiger partial charge on any atom is -0.380 e. The lowest BCUT2D eigenvalue weighted by Gasteiger charge is -2.25. The molecule has 1 aliphatic carbocycles. The van der Waals surface area contributed by atoms with Crippen molar-refractivity contribution in [3.8, 4) is 0 Å². The van der Waals surface area contributed by atoms with Crippen LogP contribution in [0.5, 0.6) is 0 Å². The SMILES string of the molecule is COC(C)CN1C(=O)C2(CC2)NC1c1ccc(C)s1. The van der Waals surface area contributed by atoms with Crippen molar-refractivity contribution in [3.05, 3.63) is 21.9 Å². The average molecular weight is 280 g/mol. The van der Waals surface area contributed by atoms with Crippen molar-refractivity contribution < 1.29 is 9.53 Å². The maximum Gasteiger partial charge on any atom is 0.244 e. The monoisotopic (exact) mass is 280 g/mol. The maximum absolute atomic E-state index is 12.5. The molecule has 2 atom stereocenters. The lowest BCUT2D eigenvalue weighted by molar-refractivity contribution is -0.132. The van der Waals surface area contributed by atoms with Crippen molar-refractivity contribution in [3.63, 3.8) is 0 Å². The second-order valence-electron chi connectivity index (χ2n) is 5.58. The normalized spacial score (nSPS) is 26.2. The van der Waals surface area contributed by atoms with Gasteiger partial charge < -0.3 is 9.64 Å². The molecule has 1 saturated heterocycles. The van der Waals surface area contributed by atoms with Crippen LogP contribution in [0.4, 0.5) is 0 Å². The van der Waals surface area contributed by atoms with Crippen molar-refractivity contribution >= 4 is 17.2 Å². The number of nitrogens with one attached hydrogen (secondary N) is 1. The highest BCUT2D eigenvalue weighted by Crippen LogP contribution is 2.46. The van der Waals surface area contributed by atoms with Crippen LogP contribution in [0.1, 0.15) is 35.7 Å². The molecule has 3 rings (SSSR count). The van der Waals surface area contributed by atoms with Crippen LogP contribution in [-0.4, -0.2) is 36.1 Å². The molecule has 2 aliphatic rings. The van der Waals surface area contributed by atoms with E-state index in [9.17, 15) is 4.79 Å². The number of methoxy groups -OCH3 is 1. The van der Waals surface area contributed by atoms with Gasteiger partial charge in [0.15, 0.2) is 0 Å². The molecule has 1 spiro atoms. The van der Waals surface area contributed by atoms with E-state index in [2.05, 4.69) is 24.4 Å². The summed E-state index contributed by atoms with van der Waals surface area (Å²) in [6.07, 6.45) is 2.00. The Hall–Kier alpha value is -0.910. The van der Waals surface area contributed by atoms with Crippen molar-refractivity contribution in [1.82, 2.24) is 10.2 Å². The predicted octanol–water partition coefficient (Wildman–Crippen LogP) is 2.05. The summed E-state index contributed by atoms with van der Waals surface area (Å²) < 4.78 is 5.32. The summed E-state index contributed by atoms with van der Waals surface area (Å²) in [4.78, 5) is 17.0. The zero-order chi connectivity index (χ0) is 13.6. The Labute approximate surface area is 117 Å². The van der Waals surface area contributed by atoms with Gasteiger partial charge in [-0.15, -0.1) is 11.3 Å². The van der Waals surface area contributed by atoms with Crippen LogP contribution in [0.3, 0.4) is 0 Å². The number of carbonyl (C=O) groups excluding carboxylic acids is 1. The van der Waals surface area contributed by atoms with Crippen LogP contribution < -0.4 is 5.32 Å². The first-order chi connectivity index (χ1) is 9.05. The molecule has 19 heavy (non-hydrogen) atoms. The Morgan fingerprint density at radius 3 is 2.84 bits per heavy atom. The average Bonchev–Trinajstić information content (AvgIpc) is 2.99. The zero-order valence-electron chi connectivity index (χ0n) is 11.6. The molecule has 1 aromatic heterocycles. The Balaban J connectivity index is 1.86. The second kappa shape index (κ2) is 4.58. The third-order valence-electron chi connectivity index (χ3n) is 4.03. The zero-order valence-corrected chi connectivity index (χ0v) is 12.4. The number of hydrogen-bond acceptors (Lipinski definition) is 4. The van der Waals surface area contributed by atoms with E-state index in [1.165, 1.54) is 9.75 Å². The molecule has 0 bridgehead atoms. The fourth-order valence-electron chi connectivity index (χ4n) is 2.64. The van der Waals surface area contributed by atoms with Gasteiger partial charge in [0.25, 0.3) is 0 Å². The third kappa shape index (κ3) is 2.20. The number of rotatable bonds is 4. The summed E-state index contributed by atoms with van der Waals surface area (Å²) in [6, 6.07) is 4.23. The maximum atomic E-state index is 12.5. The molecule has 2 fully saturated rings. The largest absolute Gasteiger partial charge is 0.380 e. The first-order valence-corrected chi connectivity index (χ1v) is 7.55. The van der Waals surface area contributed by atoms with Crippen LogP contribution >= 0.6 is 11.3 Å². The van der Waals surface area contributed by atoms with Gasteiger partial charge in [0.2, 0.25) is 5.91 Å². The molecule has 0 radical (unpaired) electrons. The van der Waals surface area contributed by atoms with Crippen LogP contribution in [0.15, 0.2) is 12.1 Å². The van der Waals surface area contributed by atoms with Crippen LogP contribution in [-0.2, 0) is 9.53 Å². The van der Waals surface area contributed by atoms with E-state index in [4.69, 9.17) is 4.74 Å². The van der Waals surface area contributed by atoms with Gasteiger partial charge in [-0.3, -0.25) is 10.1 Å². The number of aryl methyl sites for hydroxylation is 1. The number of ether oxygens (including phenoxy) is 1. The van der Waals surface area contributed by atoms with Gasteiger partial charge >= 0.3 is 0 Å². The molecule has 2 unspecified atom stereocenters. The molecular formula is C14H20N2O2S. The van der Waals surface area contributed by atoms with E-state index in [1.54, 1.807) is 18.4 Å². The van der Waals surface area contributed by atoms with E-state index in [1.807, 2.05) is 11.8 Å². The third-order valence-corrected chi connectivity index (χ3v) is 5.08. The summed E-state index contributed by atoms with van der Waals surface area (Å²) >= 11 is 1.76.